The van der Waals surface area contributed by atoms with Gasteiger partial charge in [0.25, 0.3) is 0 Å². The van der Waals surface area contributed by atoms with Crippen LogP contribution >= 0.6 is 11.6 Å². The normalized spacial score (nSPS) is 19.2. The Morgan fingerprint density at radius 1 is 1.45 bits per heavy atom. The van der Waals surface area contributed by atoms with Crippen molar-refractivity contribution in [2.24, 2.45) is 0 Å². The molecule has 1 heterocycles. The highest BCUT2D eigenvalue weighted by Gasteiger charge is 2.28. The van der Waals surface area contributed by atoms with Crippen molar-refractivity contribution < 1.29 is 13.2 Å². The Labute approximate surface area is 121 Å². The molecule has 1 aromatic rings. The summed E-state index contributed by atoms with van der Waals surface area (Å²) in [6, 6.07) is 4.97. The molecule has 0 aromatic heterocycles. The van der Waals surface area contributed by atoms with Crippen LogP contribution in [0.2, 0.25) is 5.02 Å². The average molecular weight is 314 g/mol. The molecule has 8 heteroatoms. The van der Waals surface area contributed by atoms with E-state index in [2.05, 4.69) is 10.0 Å². The maximum atomic E-state index is 12.2. The smallest absolute Gasteiger partial charge is 0.242 e. The second-order valence-electron chi connectivity index (χ2n) is 4.36. The Bertz CT molecular complexity index is 682. The number of hydrogen-bond donors (Lipinski definition) is 2. The number of halogens is 1. The van der Waals surface area contributed by atoms with E-state index < -0.39 is 16.1 Å². The highest BCUT2D eigenvalue weighted by atomic mass is 35.5. The molecule has 0 radical (unpaired) electrons. The lowest BCUT2D eigenvalue weighted by Gasteiger charge is -2.22. The zero-order chi connectivity index (χ0) is 14.8. The van der Waals surface area contributed by atoms with Gasteiger partial charge in [0.2, 0.25) is 15.9 Å². The standard InChI is InChI=1S/C12H12ClN3O3S/c13-9-6-8(7-14)3-4-11(9)20(18,19)16-10-2-1-5-15-12(10)17/h3-4,6,10,16H,1-2,5H2,(H,15,17). The lowest BCUT2D eigenvalue weighted by molar-refractivity contribution is -0.124. The maximum absolute atomic E-state index is 12.2. The minimum Gasteiger partial charge on any atom is -0.355 e. The Kier molecular flexibility index (Phi) is 4.28. The topological polar surface area (TPSA) is 99.1 Å². The molecule has 6 nitrogen and oxygen atoms in total. The molecule has 1 unspecified atom stereocenters. The van der Waals surface area contributed by atoms with E-state index in [0.717, 1.165) is 0 Å². The number of rotatable bonds is 3. The second-order valence-corrected chi connectivity index (χ2v) is 6.45. The molecule has 1 aliphatic rings. The zero-order valence-corrected chi connectivity index (χ0v) is 12.0. The Morgan fingerprint density at radius 2 is 2.20 bits per heavy atom. The van der Waals surface area contributed by atoms with Gasteiger partial charge in [-0.05, 0) is 31.0 Å². The Hall–Kier alpha value is -1.62. The maximum Gasteiger partial charge on any atom is 0.242 e. The average Bonchev–Trinajstić information content (AvgIpc) is 2.40. The van der Waals surface area contributed by atoms with Gasteiger partial charge in [0, 0.05) is 6.54 Å². The number of carbonyl (C=O) groups excluding carboxylic acids is 1. The molecule has 20 heavy (non-hydrogen) atoms. The molecule has 1 aromatic carbocycles. The molecule has 106 valence electrons. The van der Waals surface area contributed by atoms with Crippen LogP contribution in [0, 0.1) is 11.3 Å². The first-order valence-corrected chi connectivity index (χ1v) is 7.80. The number of nitrogens with one attached hydrogen (secondary N) is 2. The van der Waals surface area contributed by atoms with E-state index in [4.69, 9.17) is 16.9 Å². The third kappa shape index (κ3) is 3.10. The van der Waals surface area contributed by atoms with Crippen molar-refractivity contribution in [3.8, 4) is 6.07 Å². The summed E-state index contributed by atoms with van der Waals surface area (Å²) in [5.41, 5.74) is 0.268. The fourth-order valence-electron chi connectivity index (χ4n) is 1.92. The molecule has 1 amide bonds. The fourth-order valence-corrected chi connectivity index (χ4v) is 3.70. The van der Waals surface area contributed by atoms with Crippen molar-refractivity contribution in [3.63, 3.8) is 0 Å². The summed E-state index contributed by atoms with van der Waals surface area (Å²) in [6.07, 6.45) is 1.15. The first-order chi connectivity index (χ1) is 9.44. The van der Waals surface area contributed by atoms with Crippen LogP contribution in [0.1, 0.15) is 18.4 Å². The quantitative estimate of drug-likeness (QED) is 0.861. The summed E-state index contributed by atoms with van der Waals surface area (Å²) in [7, 11) is -3.90. The van der Waals surface area contributed by atoms with Gasteiger partial charge in [-0.2, -0.15) is 9.98 Å². The van der Waals surface area contributed by atoms with Crippen molar-refractivity contribution in [3.05, 3.63) is 28.8 Å². The van der Waals surface area contributed by atoms with Gasteiger partial charge < -0.3 is 5.32 Å². The van der Waals surface area contributed by atoms with E-state index >= 15 is 0 Å². The lowest BCUT2D eigenvalue weighted by Crippen LogP contribution is -2.50. The Balaban J connectivity index is 2.26. The highest BCUT2D eigenvalue weighted by Crippen LogP contribution is 2.23. The van der Waals surface area contributed by atoms with Crippen LogP contribution in [-0.4, -0.2) is 26.9 Å². The van der Waals surface area contributed by atoms with Crippen molar-refractivity contribution in [2.45, 2.75) is 23.8 Å². The van der Waals surface area contributed by atoms with E-state index in [1.165, 1.54) is 18.2 Å². The molecule has 0 spiro atoms. The van der Waals surface area contributed by atoms with Gasteiger partial charge in [-0.15, -0.1) is 0 Å². The van der Waals surface area contributed by atoms with E-state index in [1.807, 2.05) is 6.07 Å². The predicted molar refractivity (Wildman–Crippen MR) is 72.5 cm³/mol. The number of carbonyl (C=O) groups is 1. The number of sulfonamides is 1. The largest absolute Gasteiger partial charge is 0.355 e. The molecule has 0 saturated carbocycles. The number of nitriles is 1. The first kappa shape index (κ1) is 14.8. The number of benzene rings is 1. The third-order valence-electron chi connectivity index (χ3n) is 2.93. The number of hydrogen-bond acceptors (Lipinski definition) is 4. The number of amides is 1. The number of nitrogens with zero attached hydrogens (tertiary/aromatic N) is 1. The van der Waals surface area contributed by atoms with E-state index in [0.29, 0.717) is 19.4 Å². The molecule has 1 fully saturated rings. The van der Waals surface area contributed by atoms with Gasteiger partial charge in [0.1, 0.15) is 10.9 Å². The van der Waals surface area contributed by atoms with Crippen molar-refractivity contribution in [2.75, 3.05) is 6.54 Å². The summed E-state index contributed by atoms with van der Waals surface area (Å²) in [5, 5.41) is 11.3. The van der Waals surface area contributed by atoms with Gasteiger partial charge in [-0.25, -0.2) is 8.42 Å². The third-order valence-corrected chi connectivity index (χ3v) is 4.89. The van der Waals surface area contributed by atoms with Crippen LogP contribution in [0.5, 0.6) is 0 Å². The summed E-state index contributed by atoms with van der Waals surface area (Å²) in [4.78, 5) is 11.4. The summed E-state index contributed by atoms with van der Waals surface area (Å²) >= 11 is 5.88. The van der Waals surface area contributed by atoms with Crippen molar-refractivity contribution in [1.82, 2.24) is 10.0 Å². The Morgan fingerprint density at radius 3 is 2.80 bits per heavy atom. The number of piperidine rings is 1. The van der Waals surface area contributed by atoms with Gasteiger partial charge in [-0.1, -0.05) is 11.6 Å². The van der Waals surface area contributed by atoms with E-state index in [1.54, 1.807) is 0 Å². The highest BCUT2D eigenvalue weighted by molar-refractivity contribution is 7.89. The first-order valence-electron chi connectivity index (χ1n) is 5.94. The lowest BCUT2D eigenvalue weighted by atomic mass is 10.1. The monoisotopic (exact) mass is 313 g/mol. The van der Waals surface area contributed by atoms with Crippen molar-refractivity contribution >= 4 is 27.5 Å². The molecule has 1 saturated heterocycles. The van der Waals surface area contributed by atoms with E-state index in [-0.39, 0.29) is 21.4 Å². The fraction of sp³-hybridized carbons (Fsp3) is 0.333. The molecule has 0 aliphatic carbocycles. The van der Waals surface area contributed by atoms with Crippen LogP contribution < -0.4 is 10.0 Å². The van der Waals surface area contributed by atoms with Gasteiger partial charge >= 0.3 is 0 Å². The summed E-state index contributed by atoms with van der Waals surface area (Å²) in [6.45, 7) is 0.550. The zero-order valence-electron chi connectivity index (χ0n) is 10.4. The van der Waals surface area contributed by atoms with Crippen LogP contribution in [0.4, 0.5) is 0 Å². The molecule has 1 aliphatic heterocycles. The summed E-state index contributed by atoms with van der Waals surface area (Å²) < 4.78 is 26.7. The van der Waals surface area contributed by atoms with Crippen LogP contribution in [0.15, 0.2) is 23.1 Å². The van der Waals surface area contributed by atoms with Crippen LogP contribution in [0.25, 0.3) is 0 Å². The minimum atomic E-state index is -3.90. The molecular formula is C12H12ClN3O3S. The molecular weight excluding hydrogens is 302 g/mol. The molecule has 0 bridgehead atoms. The van der Waals surface area contributed by atoms with Gasteiger partial charge in [-0.3, -0.25) is 4.79 Å². The predicted octanol–water partition coefficient (Wildman–Crippen LogP) is 0.769. The van der Waals surface area contributed by atoms with Crippen molar-refractivity contribution in [1.29, 1.82) is 5.26 Å². The SMILES string of the molecule is N#Cc1ccc(S(=O)(=O)NC2CCCNC2=O)c(Cl)c1. The second kappa shape index (κ2) is 5.79. The molecule has 2 N–H and O–H groups in total. The van der Waals surface area contributed by atoms with Gasteiger partial charge in [0.15, 0.2) is 0 Å². The van der Waals surface area contributed by atoms with E-state index in [9.17, 15) is 13.2 Å². The van der Waals surface area contributed by atoms with Gasteiger partial charge in [0.05, 0.1) is 16.7 Å². The summed E-state index contributed by atoms with van der Waals surface area (Å²) in [5.74, 6) is -0.343. The van der Waals surface area contributed by atoms with Crippen LogP contribution in [-0.2, 0) is 14.8 Å². The molecule has 2 rings (SSSR count). The molecule has 1 atom stereocenters. The van der Waals surface area contributed by atoms with Crippen LogP contribution in [0.3, 0.4) is 0 Å². The minimum absolute atomic E-state index is 0.0484.